The average Bonchev–Trinajstić information content (AvgIpc) is 3.11. The zero-order valence-electron chi connectivity index (χ0n) is 17.8. The lowest BCUT2D eigenvalue weighted by Crippen LogP contribution is -2.27. The van der Waals surface area contributed by atoms with Gasteiger partial charge in [-0.3, -0.25) is 0 Å². The predicted octanol–water partition coefficient (Wildman–Crippen LogP) is 5.73. The van der Waals surface area contributed by atoms with Crippen LogP contribution in [-0.2, 0) is 0 Å². The third-order valence-corrected chi connectivity index (χ3v) is 5.83. The van der Waals surface area contributed by atoms with Crippen LogP contribution in [0, 0.1) is 0 Å². The van der Waals surface area contributed by atoms with E-state index < -0.39 is 0 Å². The molecule has 0 saturated heterocycles. The molecule has 0 fully saturated rings. The first-order valence-electron chi connectivity index (χ1n) is 10.1. The molecule has 0 aliphatic carbocycles. The fourth-order valence-electron chi connectivity index (χ4n) is 3.11. The van der Waals surface area contributed by atoms with Crippen molar-refractivity contribution in [1.29, 1.82) is 0 Å². The summed E-state index contributed by atoms with van der Waals surface area (Å²) in [5.74, 6) is 1.15. The number of benzene rings is 1. The molecule has 2 aromatic rings. The molecule has 1 aliphatic heterocycles. The van der Waals surface area contributed by atoms with Crippen molar-refractivity contribution in [2.75, 3.05) is 27.7 Å². The van der Waals surface area contributed by atoms with Crippen LogP contribution in [0.15, 0.2) is 71.0 Å². The summed E-state index contributed by atoms with van der Waals surface area (Å²) in [5, 5.41) is 1.02. The SMILES string of the molecule is CC1=C/C(=C/C=C/C=C/c2nc3ccccc3s2)N=C(CCCCN(C)C)N1C. The molecule has 0 unspecified atom stereocenters. The number of rotatable bonds is 8. The molecule has 152 valence electrons. The van der Waals surface area contributed by atoms with Gasteiger partial charge in [0, 0.05) is 19.2 Å². The Morgan fingerprint density at radius 2 is 1.93 bits per heavy atom. The number of hydrogen-bond donors (Lipinski definition) is 0. The van der Waals surface area contributed by atoms with Gasteiger partial charge in [0.05, 0.1) is 15.9 Å². The minimum absolute atomic E-state index is 1.01. The molecule has 29 heavy (non-hydrogen) atoms. The molecule has 0 radical (unpaired) electrons. The van der Waals surface area contributed by atoms with Gasteiger partial charge in [0.15, 0.2) is 0 Å². The second-order valence-electron chi connectivity index (χ2n) is 7.49. The van der Waals surface area contributed by atoms with Crippen LogP contribution in [0.5, 0.6) is 0 Å². The largest absolute Gasteiger partial charge is 0.337 e. The second-order valence-corrected chi connectivity index (χ2v) is 8.55. The molecule has 5 heteroatoms. The summed E-state index contributed by atoms with van der Waals surface area (Å²) in [5.41, 5.74) is 3.29. The predicted molar refractivity (Wildman–Crippen MR) is 127 cm³/mol. The molecule has 0 bridgehead atoms. The van der Waals surface area contributed by atoms with Gasteiger partial charge < -0.3 is 9.80 Å². The Balaban J connectivity index is 1.60. The number of thiazole rings is 1. The Morgan fingerprint density at radius 3 is 2.72 bits per heavy atom. The summed E-state index contributed by atoms with van der Waals surface area (Å²) >= 11 is 1.71. The molecule has 4 nitrogen and oxygen atoms in total. The van der Waals surface area contributed by atoms with Gasteiger partial charge in [0.1, 0.15) is 10.8 Å². The van der Waals surface area contributed by atoms with E-state index in [4.69, 9.17) is 4.99 Å². The summed E-state index contributed by atoms with van der Waals surface area (Å²) in [6.45, 7) is 3.26. The molecule has 0 N–H and O–H groups in total. The van der Waals surface area contributed by atoms with Gasteiger partial charge >= 0.3 is 0 Å². The van der Waals surface area contributed by atoms with Gasteiger partial charge in [-0.15, -0.1) is 11.3 Å². The van der Waals surface area contributed by atoms with Gasteiger partial charge in [-0.05, 0) is 70.8 Å². The zero-order valence-corrected chi connectivity index (χ0v) is 18.6. The van der Waals surface area contributed by atoms with Crippen LogP contribution in [-0.4, -0.2) is 48.3 Å². The number of hydrogen-bond acceptors (Lipinski definition) is 5. The minimum atomic E-state index is 1.01. The number of aromatic nitrogens is 1. The van der Waals surface area contributed by atoms with E-state index in [1.165, 1.54) is 16.8 Å². The second kappa shape index (κ2) is 10.3. The summed E-state index contributed by atoms with van der Waals surface area (Å²) in [4.78, 5) is 13.9. The van der Waals surface area contributed by atoms with Crippen LogP contribution in [0.25, 0.3) is 16.3 Å². The molecule has 0 amide bonds. The van der Waals surface area contributed by atoms with E-state index in [9.17, 15) is 0 Å². The highest BCUT2D eigenvalue weighted by molar-refractivity contribution is 7.19. The van der Waals surface area contributed by atoms with Crippen LogP contribution in [0.3, 0.4) is 0 Å². The summed E-state index contributed by atoms with van der Waals surface area (Å²) < 4.78 is 1.22. The molecule has 3 rings (SSSR count). The van der Waals surface area contributed by atoms with Crippen molar-refractivity contribution in [2.24, 2.45) is 4.99 Å². The van der Waals surface area contributed by atoms with Crippen LogP contribution in [0.2, 0.25) is 0 Å². The van der Waals surface area contributed by atoms with E-state index in [1.807, 2.05) is 36.4 Å². The number of fused-ring (bicyclic) bond motifs is 1. The van der Waals surface area contributed by atoms with Crippen molar-refractivity contribution in [1.82, 2.24) is 14.8 Å². The van der Waals surface area contributed by atoms with Gasteiger partial charge in [-0.1, -0.05) is 30.4 Å². The van der Waals surface area contributed by atoms with Crippen molar-refractivity contribution < 1.29 is 0 Å². The topological polar surface area (TPSA) is 31.7 Å². The molecule has 0 spiro atoms. The standard InChI is InChI=1S/C24H30N4S/c1-19-18-20(25-23(28(19)4)15-10-11-17-27(2)3)12-6-5-7-16-24-26-21-13-8-9-14-22(21)29-24/h5-9,12-14,16,18H,10-11,15,17H2,1-4H3/b6-5+,16-7+,20-12-. The summed E-state index contributed by atoms with van der Waals surface area (Å²) in [6.07, 6.45) is 15.7. The lowest BCUT2D eigenvalue weighted by atomic mass is 10.1. The molecule has 0 saturated carbocycles. The molecule has 1 aromatic heterocycles. The van der Waals surface area contributed by atoms with Gasteiger partial charge in [0.25, 0.3) is 0 Å². The van der Waals surface area contributed by atoms with Crippen molar-refractivity contribution in [2.45, 2.75) is 26.2 Å². The number of allylic oxidation sites excluding steroid dienone is 6. The normalized spacial score (nSPS) is 16.6. The Hall–Kier alpha value is -2.50. The van der Waals surface area contributed by atoms with Gasteiger partial charge in [-0.25, -0.2) is 9.98 Å². The maximum Gasteiger partial charge on any atom is 0.117 e. The van der Waals surface area contributed by atoms with E-state index in [0.717, 1.165) is 41.4 Å². The van der Waals surface area contributed by atoms with Gasteiger partial charge in [-0.2, -0.15) is 0 Å². The smallest absolute Gasteiger partial charge is 0.117 e. The highest BCUT2D eigenvalue weighted by atomic mass is 32.1. The number of unbranched alkanes of at least 4 members (excludes halogenated alkanes) is 1. The number of para-hydroxylation sites is 1. The van der Waals surface area contributed by atoms with Crippen LogP contribution >= 0.6 is 11.3 Å². The maximum atomic E-state index is 4.84. The molecular weight excluding hydrogens is 376 g/mol. The average molecular weight is 407 g/mol. The first-order chi connectivity index (χ1) is 14.0. The Morgan fingerprint density at radius 1 is 1.10 bits per heavy atom. The summed E-state index contributed by atoms with van der Waals surface area (Å²) in [7, 11) is 6.34. The maximum absolute atomic E-state index is 4.84. The Labute approximate surface area is 178 Å². The fraction of sp³-hybridized carbons (Fsp3) is 0.333. The lowest BCUT2D eigenvalue weighted by Gasteiger charge is -2.26. The first-order valence-corrected chi connectivity index (χ1v) is 10.9. The molecular formula is C24H30N4S. The highest BCUT2D eigenvalue weighted by Crippen LogP contribution is 2.22. The van der Waals surface area contributed by atoms with Crippen molar-refractivity contribution in [3.63, 3.8) is 0 Å². The Bertz CT molecular complexity index is 943. The van der Waals surface area contributed by atoms with E-state index in [0.29, 0.717) is 0 Å². The first kappa shape index (κ1) is 21.2. The van der Waals surface area contributed by atoms with Crippen LogP contribution < -0.4 is 0 Å². The van der Waals surface area contributed by atoms with Crippen LogP contribution in [0.1, 0.15) is 31.2 Å². The molecule has 0 atom stereocenters. The highest BCUT2D eigenvalue weighted by Gasteiger charge is 2.13. The number of amidine groups is 1. The van der Waals surface area contributed by atoms with Crippen molar-refractivity contribution in [3.05, 3.63) is 71.0 Å². The van der Waals surface area contributed by atoms with E-state index in [1.54, 1.807) is 11.3 Å². The Kier molecular flexibility index (Phi) is 7.55. The monoisotopic (exact) mass is 406 g/mol. The van der Waals surface area contributed by atoms with E-state index in [2.05, 4.69) is 67.1 Å². The fourth-order valence-corrected chi connectivity index (χ4v) is 3.99. The zero-order chi connectivity index (χ0) is 20.6. The van der Waals surface area contributed by atoms with Crippen LogP contribution in [0.4, 0.5) is 0 Å². The lowest BCUT2D eigenvalue weighted by molar-refractivity contribution is 0.394. The molecule has 2 heterocycles. The van der Waals surface area contributed by atoms with E-state index in [-0.39, 0.29) is 0 Å². The third-order valence-electron chi connectivity index (χ3n) is 4.83. The van der Waals surface area contributed by atoms with Crippen molar-refractivity contribution >= 4 is 33.5 Å². The van der Waals surface area contributed by atoms with E-state index >= 15 is 0 Å². The van der Waals surface area contributed by atoms with Crippen molar-refractivity contribution in [3.8, 4) is 0 Å². The molecule has 1 aliphatic rings. The third kappa shape index (κ3) is 6.24. The number of nitrogens with zero attached hydrogens (tertiary/aromatic N) is 4. The minimum Gasteiger partial charge on any atom is -0.337 e. The number of aliphatic imine (C=N–C) groups is 1. The van der Waals surface area contributed by atoms with Gasteiger partial charge in [0.2, 0.25) is 0 Å². The summed E-state index contributed by atoms with van der Waals surface area (Å²) in [6, 6.07) is 8.23. The quantitative estimate of drug-likeness (QED) is 0.414. The molecule has 1 aromatic carbocycles.